The van der Waals surface area contributed by atoms with Crippen molar-refractivity contribution in [2.45, 2.75) is 42.0 Å². The molecule has 5 heterocycles. The van der Waals surface area contributed by atoms with Crippen LogP contribution in [0.2, 0.25) is 5.02 Å². The number of benzene rings is 2. The van der Waals surface area contributed by atoms with E-state index in [1.165, 1.54) is 33.7 Å². The molecule has 1 aliphatic heterocycles. The van der Waals surface area contributed by atoms with Crippen LogP contribution < -0.4 is 21.5 Å². The number of carbonyl (C=O) groups excluding carboxylic acids is 1. The van der Waals surface area contributed by atoms with Crippen LogP contribution in [0, 0.1) is 12.3 Å². The summed E-state index contributed by atoms with van der Waals surface area (Å²) in [5.74, 6) is -0.327. The number of hydrogen-bond acceptors (Lipinski definition) is 9. The number of pyridine rings is 2. The molecule has 8 rings (SSSR count). The molecule has 2 aliphatic rings. The summed E-state index contributed by atoms with van der Waals surface area (Å²) in [6.45, 7) is 3.62. The van der Waals surface area contributed by atoms with Gasteiger partial charge in [-0.05, 0) is 60.9 Å². The second kappa shape index (κ2) is 11.9. The van der Waals surface area contributed by atoms with Gasteiger partial charge in [-0.2, -0.15) is 0 Å². The van der Waals surface area contributed by atoms with E-state index in [4.69, 9.17) is 27.3 Å². The maximum absolute atomic E-state index is 13.4. The van der Waals surface area contributed by atoms with Gasteiger partial charge in [-0.3, -0.25) is 14.0 Å². The standard InChI is InChI=1S/C36H33ClN8O3S/c1-20-29(32-40-15-18-45(32)35(41-20)44-16-12-36(13-17-44)19-21-7-3-4-8-22(21)30(36)38)49-25-11-14-39-31(27(25)37)42-33(47)26-28(46)23-9-5-6-10-24(23)43(2)34(26)48/h3-11,14-15,18,30,46H,12-13,16-17,19,38H2,1-2H3,(H,39,42,47). The average molecular weight is 693 g/mol. The zero-order valence-corrected chi connectivity index (χ0v) is 28.4. The summed E-state index contributed by atoms with van der Waals surface area (Å²) in [4.78, 5) is 44.2. The van der Waals surface area contributed by atoms with E-state index in [0.29, 0.717) is 15.8 Å². The molecule has 11 nitrogen and oxygen atoms in total. The molecule has 49 heavy (non-hydrogen) atoms. The number of imidazole rings is 1. The van der Waals surface area contributed by atoms with E-state index < -0.39 is 22.8 Å². The van der Waals surface area contributed by atoms with Crippen LogP contribution >= 0.6 is 23.4 Å². The molecular formula is C36H33ClN8O3S. The zero-order valence-electron chi connectivity index (χ0n) is 26.9. The minimum Gasteiger partial charge on any atom is -0.506 e. The van der Waals surface area contributed by atoms with Gasteiger partial charge in [-0.25, -0.2) is 15.0 Å². The Morgan fingerprint density at radius 2 is 1.84 bits per heavy atom. The molecular weight excluding hydrogens is 660 g/mol. The van der Waals surface area contributed by atoms with Gasteiger partial charge >= 0.3 is 0 Å². The SMILES string of the molecule is Cc1nc(N2CCC3(CC2)Cc2ccccc2C3N)n2ccnc2c1Sc1ccnc(NC(=O)c2c(O)c3ccccc3n(C)c2=O)c1Cl. The number of nitrogens with zero attached hydrogens (tertiary/aromatic N) is 6. The molecule has 4 N–H and O–H groups in total. The second-order valence-corrected chi connectivity index (χ2v) is 14.2. The van der Waals surface area contributed by atoms with Crippen LogP contribution in [-0.4, -0.2) is 48.0 Å². The fourth-order valence-electron chi connectivity index (χ4n) is 7.41. The number of aromatic nitrogens is 5. The van der Waals surface area contributed by atoms with Crippen molar-refractivity contribution in [2.75, 3.05) is 23.3 Å². The molecule has 1 atom stereocenters. The molecule has 1 spiro atoms. The highest BCUT2D eigenvalue weighted by Gasteiger charge is 2.46. The van der Waals surface area contributed by atoms with Crippen LogP contribution in [0.5, 0.6) is 5.75 Å². The van der Waals surface area contributed by atoms with E-state index >= 15 is 0 Å². The third-order valence-corrected chi connectivity index (χ3v) is 11.8. The van der Waals surface area contributed by atoms with Crippen molar-refractivity contribution in [3.63, 3.8) is 0 Å². The molecule has 0 bridgehead atoms. The predicted octanol–water partition coefficient (Wildman–Crippen LogP) is 5.89. The Bertz CT molecular complexity index is 2370. The maximum atomic E-state index is 13.4. The van der Waals surface area contributed by atoms with Crippen LogP contribution in [0.25, 0.3) is 16.6 Å². The molecule has 1 saturated heterocycles. The lowest BCUT2D eigenvalue weighted by Crippen LogP contribution is -2.45. The first-order valence-corrected chi connectivity index (χ1v) is 17.2. The number of rotatable bonds is 5. The minimum atomic E-state index is -0.816. The van der Waals surface area contributed by atoms with E-state index in [2.05, 4.69) is 39.5 Å². The maximum Gasteiger partial charge on any atom is 0.267 e. The number of para-hydroxylation sites is 1. The summed E-state index contributed by atoms with van der Waals surface area (Å²) in [5, 5.41) is 14.1. The number of nitrogens with two attached hydrogens (primary N) is 1. The summed E-state index contributed by atoms with van der Waals surface area (Å²) in [6.07, 6.45) is 8.16. The number of carbonyl (C=O) groups is 1. The van der Waals surface area contributed by atoms with Gasteiger partial charge in [0, 0.05) is 55.1 Å². The van der Waals surface area contributed by atoms with Crippen molar-refractivity contribution in [1.82, 2.24) is 23.9 Å². The highest BCUT2D eigenvalue weighted by molar-refractivity contribution is 7.99. The van der Waals surface area contributed by atoms with E-state index in [0.717, 1.165) is 54.5 Å². The summed E-state index contributed by atoms with van der Waals surface area (Å²) in [7, 11) is 1.55. The Morgan fingerprint density at radius 3 is 2.63 bits per heavy atom. The number of aryl methyl sites for hydroxylation is 2. The third-order valence-electron chi connectivity index (χ3n) is 10.1. The Labute approximate surface area is 290 Å². The highest BCUT2D eigenvalue weighted by atomic mass is 35.5. The fourth-order valence-corrected chi connectivity index (χ4v) is 8.65. The van der Waals surface area contributed by atoms with Gasteiger partial charge in [0.25, 0.3) is 11.5 Å². The third kappa shape index (κ3) is 5.04. The molecule has 6 aromatic rings. The molecule has 0 radical (unpaired) electrons. The first-order valence-electron chi connectivity index (χ1n) is 16.0. The highest BCUT2D eigenvalue weighted by Crippen LogP contribution is 2.51. The van der Waals surface area contributed by atoms with Crippen molar-refractivity contribution in [3.8, 4) is 5.75 Å². The number of aromatic hydroxyl groups is 1. The molecule has 13 heteroatoms. The number of amides is 1. The number of piperidine rings is 1. The van der Waals surface area contributed by atoms with Crippen molar-refractivity contribution in [1.29, 1.82) is 0 Å². The van der Waals surface area contributed by atoms with Gasteiger partial charge in [0.15, 0.2) is 11.5 Å². The van der Waals surface area contributed by atoms with Gasteiger partial charge in [-0.15, -0.1) is 0 Å². The first kappa shape index (κ1) is 31.4. The Balaban J connectivity index is 1.05. The largest absolute Gasteiger partial charge is 0.506 e. The lowest BCUT2D eigenvalue weighted by molar-refractivity contribution is 0.102. The Hall–Kier alpha value is -4.91. The number of halogens is 1. The van der Waals surface area contributed by atoms with Crippen molar-refractivity contribution in [3.05, 3.63) is 111 Å². The van der Waals surface area contributed by atoms with Crippen LogP contribution in [0.1, 0.15) is 46.1 Å². The first-order chi connectivity index (χ1) is 23.7. The molecule has 2 aromatic carbocycles. The van der Waals surface area contributed by atoms with Gasteiger partial charge in [-0.1, -0.05) is 59.8 Å². The lowest BCUT2D eigenvalue weighted by atomic mass is 9.73. The normalized spacial score (nSPS) is 16.8. The molecule has 248 valence electrons. The molecule has 4 aromatic heterocycles. The number of hydrogen-bond donors (Lipinski definition) is 3. The van der Waals surface area contributed by atoms with Gasteiger partial charge < -0.3 is 25.6 Å². The van der Waals surface area contributed by atoms with Crippen LogP contribution in [0.3, 0.4) is 0 Å². The quantitative estimate of drug-likeness (QED) is 0.202. The van der Waals surface area contributed by atoms with E-state index in [1.54, 1.807) is 43.6 Å². The number of nitrogens with one attached hydrogen (secondary N) is 1. The zero-order chi connectivity index (χ0) is 34.0. The van der Waals surface area contributed by atoms with Crippen LogP contribution in [-0.2, 0) is 13.5 Å². The van der Waals surface area contributed by atoms with E-state index in [1.807, 2.05) is 17.5 Å². The van der Waals surface area contributed by atoms with Crippen LogP contribution in [0.15, 0.2) is 87.8 Å². The summed E-state index contributed by atoms with van der Waals surface area (Å²) in [5.41, 5.74) is 10.5. The molecule has 0 saturated carbocycles. The van der Waals surface area contributed by atoms with Crippen molar-refractivity contribution >= 4 is 57.6 Å². The molecule has 1 unspecified atom stereocenters. The summed E-state index contributed by atoms with van der Waals surface area (Å²) < 4.78 is 3.33. The Kier molecular flexibility index (Phi) is 7.62. The predicted molar refractivity (Wildman–Crippen MR) is 191 cm³/mol. The van der Waals surface area contributed by atoms with Crippen LogP contribution in [0.4, 0.5) is 11.8 Å². The van der Waals surface area contributed by atoms with E-state index in [-0.39, 0.29) is 22.3 Å². The summed E-state index contributed by atoms with van der Waals surface area (Å²) >= 11 is 8.19. The van der Waals surface area contributed by atoms with Crippen molar-refractivity contribution < 1.29 is 9.90 Å². The number of anilines is 2. The van der Waals surface area contributed by atoms with E-state index in [9.17, 15) is 14.7 Å². The lowest BCUT2D eigenvalue weighted by Gasteiger charge is -2.42. The monoisotopic (exact) mass is 692 g/mol. The summed E-state index contributed by atoms with van der Waals surface area (Å²) in [6, 6.07) is 17.1. The molecule has 1 fully saturated rings. The second-order valence-electron chi connectivity index (χ2n) is 12.8. The Morgan fingerprint density at radius 1 is 1.08 bits per heavy atom. The topological polar surface area (TPSA) is 144 Å². The van der Waals surface area contributed by atoms with Gasteiger partial charge in [0.2, 0.25) is 5.95 Å². The van der Waals surface area contributed by atoms with Gasteiger partial charge in [0.1, 0.15) is 11.3 Å². The van der Waals surface area contributed by atoms with Crippen molar-refractivity contribution in [2.24, 2.45) is 18.2 Å². The fraction of sp³-hybridized carbons (Fsp3) is 0.250. The average Bonchev–Trinajstić information content (AvgIpc) is 3.70. The number of fused-ring (bicyclic) bond motifs is 3. The van der Waals surface area contributed by atoms with Gasteiger partial charge in [0.05, 0.1) is 21.1 Å². The molecule has 1 aliphatic carbocycles. The minimum absolute atomic E-state index is 0.0380. The molecule has 1 amide bonds. The smallest absolute Gasteiger partial charge is 0.267 e.